The van der Waals surface area contributed by atoms with Gasteiger partial charge in [-0.25, -0.2) is 4.79 Å². The van der Waals surface area contributed by atoms with E-state index in [4.69, 9.17) is 9.84 Å². The van der Waals surface area contributed by atoms with Crippen molar-refractivity contribution in [3.8, 4) is 5.75 Å². The molecule has 4 nitrogen and oxygen atoms in total. The van der Waals surface area contributed by atoms with Crippen molar-refractivity contribution < 1.29 is 14.6 Å². The van der Waals surface area contributed by atoms with E-state index in [1.165, 1.54) is 5.56 Å². The standard InChI is InChI=1S/C16H19NO3/c1-11-10-15(16(18)19)12(2)17(11)9-8-13-4-6-14(20-3)7-5-13/h4-7,10H,8-9H2,1-3H3,(H,18,19). The molecule has 0 atom stereocenters. The second-order valence-electron chi connectivity index (χ2n) is 4.84. The molecule has 0 radical (unpaired) electrons. The molecule has 0 aliphatic carbocycles. The maximum atomic E-state index is 11.1. The fourth-order valence-electron chi connectivity index (χ4n) is 2.39. The first-order valence-corrected chi connectivity index (χ1v) is 6.56. The molecule has 1 aromatic heterocycles. The average Bonchev–Trinajstić information content (AvgIpc) is 2.72. The van der Waals surface area contributed by atoms with E-state index in [1.807, 2.05) is 42.7 Å². The SMILES string of the molecule is COc1ccc(CCn2c(C)cc(C(=O)O)c2C)cc1. The number of ether oxygens (including phenoxy) is 1. The predicted octanol–water partition coefficient (Wildman–Crippen LogP) is 3.05. The Morgan fingerprint density at radius 1 is 1.25 bits per heavy atom. The van der Waals surface area contributed by atoms with Crippen molar-refractivity contribution in [2.45, 2.75) is 26.8 Å². The van der Waals surface area contributed by atoms with E-state index in [-0.39, 0.29) is 0 Å². The third kappa shape index (κ3) is 2.85. The number of hydrogen-bond acceptors (Lipinski definition) is 2. The van der Waals surface area contributed by atoms with Crippen molar-refractivity contribution in [3.05, 3.63) is 52.8 Å². The van der Waals surface area contributed by atoms with Crippen LogP contribution in [0.2, 0.25) is 0 Å². The summed E-state index contributed by atoms with van der Waals surface area (Å²) in [4.78, 5) is 11.1. The lowest BCUT2D eigenvalue weighted by molar-refractivity contribution is 0.0696. The molecular formula is C16H19NO3. The van der Waals surface area contributed by atoms with E-state index in [9.17, 15) is 4.79 Å². The normalized spacial score (nSPS) is 10.6. The lowest BCUT2D eigenvalue weighted by atomic mass is 10.1. The van der Waals surface area contributed by atoms with Gasteiger partial charge in [0.1, 0.15) is 5.75 Å². The fourth-order valence-corrected chi connectivity index (χ4v) is 2.39. The van der Waals surface area contributed by atoms with Gasteiger partial charge < -0.3 is 14.4 Å². The Morgan fingerprint density at radius 2 is 1.90 bits per heavy atom. The fraction of sp³-hybridized carbons (Fsp3) is 0.312. The van der Waals surface area contributed by atoms with Crippen LogP contribution in [-0.2, 0) is 13.0 Å². The van der Waals surface area contributed by atoms with Gasteiger partial charge in [-0.05, 0) is 44.0 Å². The zero-order valence-corrected chi connectivity index (χ0v) is 12.0. The van der Waals surface area contributed by atoms with Gasteiger partial charge in [0, 0.05) is 17.9 Å². The molecule has 0 fully saturated rings. The van der Waals surface area contributed by atoms with E-state index in [1.54, 1.807) is 13.2 Å². The number of rotatable bonds is 5. The summed E-state index contributed by atoms with van der Waals surface area (Å²) in [6, 6.07) is 9.67. The zero-order chi connectivity index (χ0) is 14.7. The van der Waals surface area contributed by atoms with Crippen molar-refractivity contribution in [1.29, 1.82) is 0 Å². The highest BCUT2D eigenvalue weighted by molar-refractivity contribution is 5.89. The van der Waals surface area contributed by atoms with Gasteiger partial charge in [-0.1, -0.05) is 12.1 Å². The monoisotopic (exact) mass is 273 g/mol. The molecule has 0 saturated heterocycles. The third-order valence-electron chi connectivity index (χ3n) is 3.59. The molecule has 0 unspecified atom stereocenters. The van der Waals surface area contributed by atoms with Gasteiger partial charge in [-0.3, -0.25) is 0 Å². The third-order valence-corrected chi connectivity index (χ3v) is 3.59. The lowest BCUT2D eigenvalue weighted by Gasteiger charge is -2.10. The van der Waals surface area contributed by atoms with Gasteiger partial charge in [-0.15, -0.1) is 0 Å². The highest BCUT2D eigenvalue weighted by Crippen LogP contribution is 2.17. The summed E-state index contributed by atoms with van der Waals surface area (Å²) in [5, 5.41) is 9.12. The predicted molar refractivity (Wildman–Crippen MR) is 77.6 cm³/mol. The van der Waals surface area contributed by atoms with Gasteiger partial charge in [0.05, 0.1) is 12.7 Å². The van der Waals surface area contributed by atoms with Crippen LogP contribution < -0.4 is 4.74 Å². The zero-order valence-electron chi connectivity index (χ0n) is 12.0. The van der Waals surface area contributed by atoms with E-state index in [0.29, 0.717) is 5.56 Å². The molecule has 2 rings (SSSR count). The van der Waals surface area contributed by atoms with Crippen LogP contribution in [0.25, 0.3) is 0 Å². The highest BCUT2D eigenvalue weighted by atomic mass is 16.5. The number of carboxylic acids is 1. The molecule has 0 bridgehead atoms. The maximum absolute atomic E-state index is 11.1. The van der Waals surface area contributed by atoms with Crippen LogP contribution in [-0.4, -0.2) is 22.8 Å². The van der Waals surface area contributed by atoms with Crippen LogP contribution in [0.1, 0.15) is 27.3 Å². The van der Waals surface area contributed by atoms with Gasteiger partial charge in [0.25, 0.3) is 0 Å². The Morgan fingerprint density at radius 3 is 2.40 bits per heavy atom. The van der Waals surface area contributed by atoms with Gasteiger partial charge in [0.2, 0.25) is 0 Å². The van der Waals surface area contributed by atoms with Crippen molar-refractivity contribution >= 4 is 5.97 Å². The molecule has 0 spiro atoms. The minimum Gasteiger partial charge on any atom is -0.497 e. The Hall–Kier alpha value is -2.23. The van der Waals surface area contributed by atoms with Crippen LogP contribution in [0, 0.1) is 13.8 Å². The maximum Gasteiger partial charge on any atom is 0.337 e. The highest BCUT2D eigenvalue weighted by Gasteiger charge is 2.14. The van der Waals surface area contributed by atoms with Gasteiger partial charge >= 0.3 is 5.97 Å². The largest absolute Gasteiger partial charge is 0.497 e. The number of methoxy groups -OCH3 is 1. The first kappa shape index (κ1) is 14.2. The van der Waals surface area contributed by atoms with E-state index in [0.717, 1.165) is 30.1 Å². The van der Waals surface area contributed by atoms with Crippen molar-refractivity contribution in [2.24, 2.45) is 0 Å². The molecule has 106 valence electrons. The molecule has 0 amide bonds. The first-order chi connectivity index (χ1) is 9.52. The number of hydrogen-bond donors (Lipinski definition) is 1. The Labute approximate surface area is 118 Å². The summed E-state index contributed by atoms with van der Waals surface area (Å²) >= 11 is 0. The van der Waals surface area contributed by atoms with Gasteiger partial charge in [-0.2, -0.15) is 0 Å². The Bertz CT molecular complexity index is 611. The molecule has 1 heterocycles. The Balaban J connectivity index is 2.12. The number of nitrogens with zero attached hydrogens (tertiary/aromatic N) is 1. The van der Waals surface area contributed by atoms with Crippen LogP contribution in [0.5, 0.6) is 5.75 Å². The topological polar surface area (TPSA) is 51.5 Å². The second-order valence-corrected chi connectivity index (χ2v) is 4.84. The number of benzene rings is 1. The van der Waals surface area contributed by atoms with Crippen molar-refractivity contribution in [1.82, 2.24) is 4.57 Å². The summed E-state index contributed by atoms with van der Waals surface area (Å²) in [6.45, 7) is 4.56. The molecular weight excluding hydrogens is 254 g/mol. The quantitative estimate of drug-likeness (QED) is 0.911. The Kier molecular flexibility index (Phi) is 4.13. The molecule has 20 heavy (non-hydrogen) atoms. The van der Waals surface area contributed by atoms with Crippen molar-refractivity contribution in [3.63, 3.8) is 0 Å². The van der Waals surface area contributed by atoms with Gasteiger partial charge in [0.15, 0.2) is 0 Å². The molecule has 0 aliphatic heterocycles. The molecule has 0 saturated carbocycles. The first-order valence-electron chi connectivity index (χ1n) is 6.56. The minimum absolute atomic E-state index is 0.386. The van der Waals surface area contributed by atoms with Crippen LogP contribution in [0.3, 0.4) is 0 Å². The smallest absolute Gasteiger partial charge is 0.337 e. The van der Waals surface area contributed by atoms with E-state index in [2.05, 4.69) is 0 Å². The van der Waals surface area contributed by atoms with Crippen LogP contribution in [0.15, 0.2) is 30.3 Å². The molecule has 2 aromatic rings. The molecule has 4 heteroatoms. The summed E-state index contributed by atoms with van der Waals surface area (Å²) in [5.74, 6) is -0.0240. The van der Waals surface area contributed by atoms with E-state index >= 15 is 0 Å². The number of carbonyl (C=O) groups is 1. The summed E-state index contributed by atoms with van der Waals surface area (Å²) in [7, 11) is 1.65. The summed E-state index contributed by atoms with van der Waals surface area (Å²) < 4.78 is 7.18. The molecule has 1 aromatic carbocycles. The lowest BCUT2D eigenvalue weighted by Crippen LogP contribution is -2.07. The van der Waals surface area contributed by atoms with Crippen molar-refractivity contribution in [2.75, 3.05) is 7.11 Å². The minimum atomic E-state index is -0.867. The van der Waals surface area contributed by atoms with Crippen LogP contribution in [0.4, 0.5) is 0 Å². The molecule has 1 N–H and O–H groups in total. The number of aromatic nitrogens is 1. The second kappa shape index (κ2) is 5.82. The number of carboxylic acid groups (broad SMARTS) is 1. The molecule has 0 aliphatic rings. The number of aromatic carboxylic acids is 1. The van der Waals surface area contributed by atoms with E-state index < -0.39 is 5.97 Å². The number of aryl methyl sites for hydroxylation is 2. The summed E-state index contributed by atoms with van der Waals surface area (Å²) in [6.07, 6.45) is 0.861. The van der Waals surface area contributed by atoms with Crippen LogP contribution >= 0.6 is 0 Å². The average molecular weight is 273 g/mol. The summed E-state index contributed by atoms with van der Waals surface area (Å²) in [5.41, 5.74) is 3.38.